The van der Waals surface area contributed by atoms with Gasteiger partial charge in [0.05, 0.1) is 16.7 Å². The molecule has 0 aliphatic heterocycles. The number of aromatic nitrogens is 1. The van der Waals surface area contributed by atoms with Crippen LogP contribution < -0.4 is 11.5 Å². The normalized spacial score (nSPS) is 10.8. The monoisotopic (exact) mass is 427 g/mol. The molecule has 160 valence electrons. The molecule has 0 saturated heterocycles. The predicted octanol–water partition coefficient (Wildman–Crippen LogP) is 8.36. The van der Waals surface area contributed by atoms with Gasteiger partial charge in [0.25, 0.3) is 0 Å². The van der Waals surface area contributed by atoms with Crippen molar-refractivity contribution in [2.75, 3.05) is 5.32 Å². The first-order valence-corrected chi connectivity index (χ1v) is 10.9. The molecule has 1 aromatic heterocycles. The second-order valence-electron chi connectivity index (χ2n) is 7.96. The highest BCUT2D eigenvalue weighted by Gasteiger charge is 2.15. The first-order valence-electron chi connectivity index (χ1n) is 10.9. The molecule has 0 amide bonds. The van der Waals surface area contributed by atoms with E-state index in [9.17, 15) is 0 Å². The van der Waals surface area contributed by atoms with Crippen LogP contribution in [0.2, 0.25) is 0 Å². The van der Waals surface area contributed by atoms with E-state index in [1.165, 1.54) is 32.9 Å². The van der Waals surface area contributed by atoms with Gasteiger partial charge in [-0.15, -0.1) is 0 Å². The molecule has 3 heteroatoms. The molecule has 6 aromatic rings. The van der Waals surface area contributed by atoms with E-state index >= 15 is 0 Å². The third-order valence-electron chi connectivity index (χ3n) is 5.97. The summed E-state index contributed by atoms with van der Waals surface area (Å²) in [4.78, 5) is 0. The van der Waals surface area contributed by atoms with Gasteiger partial charge in [-0.3, -0.25) is 0 Å². The van der Waals surface area contributed by atoms with Crippen LogP contribution in [0.3, 0.4) is 0 Å². The summed E-state index contributed by atoms with van der Waals surface area (Å²) in [6.45, 7) is 0. The van der Waals surface area contributed by atoms with E-state index in [4.69, 9.17) is 0 Å². The number of rotatable bonds is 4. The van der Waals surface area contributed by atoms with Gasteiger partial charge in [0, 0.05) is 27.7 Å². The second kappa shape index (κ2) is 8.65. The molecule has 6 rings (SSSR count). The Hall–Kier alpha value is -4.34. The Morgan fingerprint density at radius 1 is 0.485 bits per heavy atom. The Labute approximate surface area is 193 Å². The fourth-order valence-electron chi connectivity index (χ4n) is 4.53. The molecule has 5 aromatic carbocycles. The number of nitrogens with one attached hydrogen (secondary N) is 1. The van der Waals surface area contributed by atoms with Gasteiger partial charge in [0.1, 0.15) is 0 Å². The number of benzene rings is 5. The van der Waals surface area contributed by atoms with Crippen molar-refractivity contribution in [3.05, 3.63) is 127 Å². The number of para-hydroxylation sites is 3. The van der Waals surface area contributed by atoms with Crippen LogP contribution in [0.1, 0.15) is 0 Å². The van der Waals surface area contributed by atoms with Gasteiger partial charge in [0.15, 0.2) is 0 Å². The Kier molecular flexibility index (Phi) is 5.39. The van der Waals surface area contributed by atoms with Gasteiger partial charge < -0.3 is 16.0 Å². The average Bonchev–Trinajstić information content (AvgIpc) is 3.20. The van der Waals surface area contributed by atoms with E-state index in [2.05, 4.69) is 131 Å². The third-order valence-corrected chi connectivity index (χ3v) is 5.97. The molecule has 1 heterocycles. The molecule has 0 bridgehead atoms. The summed E-state index contributed by atoms with van der Waals surface area (Å²) in [6, 6.07) is 44.9. The summed E-state index contributed by atoms with van der Waals surface area (Å²) in [5.74, 6) is 0. The van der Waals surface area contributed by atoms with Crippen LogP contribution in [0.25, 0.3) is 38.6 Å². The van der Waals surface area contributed by atoms with Gasteiger partial charge >= 0.3 is 0 Å². The quantitative estimate of drug-likeness (QED) is 0.297. The van der Waals surface area contributed by atoms with Gasteiger partial charge in [0.2, 0.25) is 0 Å². The highest BCUT2D eigenvalue weighted by Crippen LogP contribution is 2.37. The standard InChI is InChI=1S/C30H22N2.H3N/c1-3-11-22(12-4-1)25-20-19-24(31-23-13-5-2-6-14-23)21-30(25)32-28-17-9-7-15-26(28)27-16-8-10-18-29(27)32;/h1-21,31H;1H3. The van der Waals surface area contributed by atoms with Crippen LogP contribution >= 0.6 is 0 Å². The molecule has 3 nitrogen and oxygen atoms in total. The summed E-state index contributed by atoms with van der Waals surface area (Å²) in [7, 11) is 0. The molecule has 0 unspecified atom stereocenters. The van der Waals surface area contributed by atoms with Crippen molar-refractivity contribution in [3.8, 4) is 16.8 Å². The van der Waals surface area contributed by atoms with E-state index in [1.807, 2.05) is 6.07 Å². The summed E-state index contributed by atoms with van der Waals surface area (Å²) >= 11 is 0. The molecule has 33 heavy (non-hydrogen) atoms. The first kappa shape index (κ1) is 20.6. The molecule has 0 saturated carbocycles. The highest BCUT2D eigenvalue weighted by atomic mass is 15.0. The number of fused-ring (bicyclic) bond motifs is 3. The second-order valence-corrected chi connectivity index (χ2v) is 7.96. The van der Waals surface area contributed by atoms with Crippen LogP contribution in [0.5, 0.6) is 0 Å². The number of anilines is 2. The van der Waals surface area contributed by atoms with Crippen molar-refractivity contribution >= 4 is 33.2 Å². The summed E-state index contributed by atoms with van der Waals surface area (Å²) in [5, 5.41) is 6.10. The van der Waals surface area contributed by atoms with Crippen LogP contribution in [0.4, 0.5) is 11.4 Å². The zero-order valence-corrected chi connectivity index (χ0v) is 18.3. The van der Waals surface area contributed by atoms with E-state index in [-0.39, 0.29) is 6.15 Å². The fourth-order valence-corrected chi connectivity index (χ4v) is 4.53. The lowest BCUT2D eigenvalue weighted by molar-refractivity contribution is 1.18. The minimum absolute atomic E-state index is 0. The molecule has 0 fully saturated rings. The van der Waals surface area contributed by atoms with Crippen LogP contribution in [-0.2, 0) is 0 Å². The SMILES string of the molecule is N.c1ccc(Nc2ccc(-c3ccccc3)c(-n3c4ccccc4c4ccccc43)c2)cc1. The van der Waals surface area contributed by atoms with Crippen molar-refractivity contribution in [2.24, 2.45) is 0 Å². The largest absolute Gasteiger partial charge is 0.355 e. The maximum atomic E-state index is 3.57. The van der Waals surface area contributed by atoms with Gasteiger partial charge in [-0.05, 0) is 42.0 Å². The van der Waals surface area contributed by atoms with E-state index in [0.29, 0.717) is 0 Å². The third kappa shape index (κ3) is 3.65. The smallest absolute Gasteiger partial charge is 0.0561 e. The first-order chi connectivity index (χ1) is 15.9. The van der Waals surface area contributed by atoms with Gasteiger partial charge in [-0.2, -0.15) is 0 Å². The zero-order valence-electron chi connectivity index (χ0n) is 18.3. The van der Waals surface area contributed by atoms with E-state index in [0.717, 1.165) is 17.1 Å². The summed E-state index contributed by atoms with van der Waals surface area (Å²) < 4.78 is 2.39. The lowest BCUT2D eigenvalue weighted by atomic mass is 10.0. The maximum absolute atomic E-state index is 3.57. The number of nitrogens with zero attached hydrogens (tertiary/aromatic N) is 1. The minimum atomic E-state index is 0. The van der Waals surface area contributed by atoms with Crippen LogP contribution in [0, 0.1) is 0 Å². The molecule has 0 atom stereocenters. The van der Waals surface area contributed by atoms with Crippen molar-refractivity contribution in [1.29, 1.82) is 0 Å². The van der Waals surface area contributed by atoms with E-state index in [1.54, 1.807) is 0 Å². The van der Waals surface area contributed by atoms with Crippen LogP contribution in [0.15, 0.2) is 127 Å². The van der Waals surface area contributed by atoms with Crippen LogP contribution in [-0.4, -0.2) is 4.57 Å². The summed E-state index contributed by atoms with van der Waals surface area (Å²) in [6.07, 6.45) is 0. The lowest BCUT2D eigenvalue weighted by Crippen LogP contribution is -1.99. The predicted molar refractivity (Wildman–Crippen MR) is 141 cm³/mol. The molecule has 0 aliphatic carbocycles. The number of hydrogen-bond acceptors (Lipinski definition) is 2. The lowest BCUT2D eigenvalue weighted by Gasteiger charge is -2.17. The molecule has 0 spiro atoms. The molecular weight excluding hydrogens is 402 g/mol. The van der Waals surface area contributed by atoms with Crippen molar-refractivity contribution in [3.63, 3.8) is 0 Å². The van der Waals surface area contributed by atoms with Crippen molar-refractivity contribution < 1.29 is 0 Å². The van der Waals surface area contributed by atoms with E-state index < -0.39 is 0 Å². The molecular formula is C30H25N3. The highest BCUT2D eigenvalue weighted by molar-refractivity contribution is 6.09. The fraction of sp³-hybridized carbons (Fsp3) is 0. The Morgan fingerprint density at radius 2 is 1.03 bits per heavy atom. The Balaban J connectivity index is 0.00000228. The van der Waals surface area contributed by atoms with Gasteiger partial charge in [-0.1, -0.05) is 91.0 Å². The molecule has 0 aliphatic rings. The Morgan fingerprint density at radius 3 is 1.67 bits per heavy atom. The van der Waals surface area contributed by atoms with Crippen molar-refractivity contribution in [2.45, 2.75) is 0 Å². The summed E-state index contributed by atoms with van der Waals surface area (Å²) in [5.41, 5.74) is 8.13. The maximum Gasteiger partial charge on any atom is 0.0561 e. The molecule has 4 N–H and O–H groups in total. The average molecular weight is 428 g/mol. The minimum Gasteiger partial charge on any atom is -0.355 e. The van der Waals surface area contributed by atoms with Crippen molar-refractivity contribution in [1.82, 2.24) is 10.7 Å². The molecule has 0 radical (unpaired) electrons. The van der Waals surface area contributed by atoms with Gasteiger partial charge in [-0.25, -0.2) is 0 Å². The topological polar surface area (TPSA) is 52.0 Å². The Bertz CT molecular complexity index is 1480. The number of hydrogen-bond donors (Lipinski definition) is 2. The zero-order chi connectivity index (χ0) is 21.3.